The summed E-state index contributed by atoms with van der Waals surface area (Å²) < 4.78 is 10.2. The fourth-order valence-corrected chi connectivity index (χ4v) is 2.97. The molecule has 0 unspecified atom stereocenters. The summed E-state index contributed by atoms with van der Waals surface area (Å²) in [7, 11) is 1.54. The van der Waals surface area contributed by atoms with Crippen LogP contribution in [0, 0.1) is 0 Å². The van der Waals surface area contributed by atoms with Gasteiger partial charge in [-0.15, -0.1) is 0 Å². The third-order valence-corrected chi connectivity index (χ3v) is 4.12. The molecule has 0 aliphatic carbocycles. The van der Waals surface area contributed by atoms with Gasteiger partial charge in [0, 0.05) is 25.9 Å². The first-order chi connectivity index (χ1) is 11.8. The van der Waals surface area contributed by atoms with Crippen molar-refractivity contribution >= 4 is 17.7 Å². The van der Waals surface area contributed by atoms with Crippen LogP contribution in [-0.2, 0) is 14.3 Å². The van der Waals surface area contributed by atoms with Gasteiger partial charge >= 0.3 is 6.09 Å². The Bertz CT molecular complexity index is 602. The number of rotatable bonds is 4. The standard InChI is InChI=1S/C19H28N2O4/c1-19(2,3)25-18(23)20-16-7-5-6-15(12-16)14-8-10-21(11-9-14)17(22)13-24-4/h5-7,12,14H,8-11,13H2,1-4H3,(H,20,23). The molecule has 2 rings (SSSR count). The highest BCUT2D eigenvalue weighted by Gasteiger charge is 2.24. The van der Waals surface area contributed by atoms with E-state index in [9.17, 15) is 9.59 Å². The van der Waals surface area contributed by atoms with Gasteiger partial charge in [0.05, 0.1) is 0 Å². The van der Waals surface area contributed by atoms with Crippen molar-refractivity contribution in [1.29, 1.82) is 0 Å². The lowest BCUT2D eigenvalue weighted by Gasteiger charge is -2.32. The quantitative estimate of drug-likeness (QED) is 0.906. The predicted molar refractivity (Wildman–Crippen MR) is 96.7 cm³/mol. The maximum Gasteiger partial charge on any atom is 0.412 e. The van der Waals surface area contributed by atoms with E-state index in [1.165, 1.54) is 12.7 Å². The molecule has 0 radical (unpaired) electrons. The maximum atomic E-state index is 11.9. The minimum Gasteiger partial charge on any atom is -0.444 e. The molecule has 2 amide bonds. The van der Waals surface area contributed by atoms with Crippen molar-refractivity contribution in [3.8, 4) is 0 Å². The Balaban J connectivity index is 1.93. The minimum absolute atomic E-state index is 0.0429. The van der Waals surface area contributed by atoms with Gasteiger partial charge in [-0.25, -0.2) is 4.79 Å². The number of anilines is 1. The van der Waals surface area contributed by atoms with Crippen LogP contribution in [0.2, 0.25) is 0 Å². The van der Waals surface area contributed by atoms with E-state index < -0.39 is 11.7 Å². The molecular weight excluding hydrogens is 320 g/mol. The van der Waals surface area contributed by atoms with E-state index in [0.29, 0.717) is 5.92 Å². The maximum absolute atomic E-state index is 11.9. The lowest BCUT2D eigenvalue weighted by molar-refractivity contribution is -0.136. The average molecular weight is 348 g/mol. The molecule has 0 bridgehead atoms. The summed E-state index contributed by atoms with van der Waals surface area (Å²) in [4.78, 5) is 25.6. The second-order valence-corrected chi connectivity index (χ2v) is 7.34. The molecule has 0 spiro atoms. The van der Waals surface area contributed by atoms with Gasteiger partial charge in [-0.1, -0.05) is 12.1 Å². The van der Waals surface area contributed by atoms with Crippen LogP contribution in [0.4, 0.5) is 10.5 Å². The number of methoxy groups -OCH3 is 1. The van der Waals surface area contributed by atoms with Gasteiger partial charge in [0.25, 0.3) is 0 Å². The number of carbonyl (C=O) groups excluding carboxylic acids is 2. The first kappa shape index (κ1) is 19.2. The molecule has 6 heteroatoms. The summed E-state index contributed by atoms with van der Waals surface area (Å²) in [5.41, 5.74) is 1.38. The van der Waals surface area contributed by atoms with E-state index in [1.54, 1.807) is 0 Å². The van der Waals surface area contributed by atoms with Crippen molar-refractivity contribution in [3.05, 3.63) is 29.8 Å². The number of likely N-dealkylation sites (tertiary alicyclic amines) is 1. The molecule has 138 valence electrons. The zero-order valence-electron chi connectivity index (χ0n) is 15.5. The number of piperidine rings is 1. The Morgan fingerprint density at radius 3 is 2.52 bits per heavy atom. The van der Waals surface area contributed by atoms with Crippen LogP contribution in [0.5, 0.6) is 0 Å². The van der Waals surface area contributed by atoms with Crippen LogP contribution in [-0.4, -0.2) is 49.3 Å². The van der Waals surface area contributed by atoms with Crippen molar-refractivity contribution in [2.75, 3.05) is 32.1 Å². The molecule has 0 aromatic heterocycles. The van der Waals surface area contributed by atoms with E-state index in [2.05, 4.69) is 11.4 Å². The SMILES string of the molecule is COCC(=O)N1CCC(c2cccc(NC(=O)OC(C)(C)C)c2)CC1. The Morgan fingerprint density at radius 2 is 1.92 bits per heavy atom. The molecule has 6 nitrogen and oxygen atoms in total. The fraction of sp³-hybridized carbons (Fsp3) is 0.579. The molecule has 1 aliphatic rings. The number of benzene rings is 1. The van der Waals surface area contributed by atoms with Crippen molar-refractivity contribution in [2.45, 2.75) is 45.1 Å². The van der Waals surface area contributed by atoms with Gasteiger partial charge in [-0.3, -0.25) is 10.1 Å². The molecular formula is C19H28N2O4. The Hall–Kier alpha value is -2.08. The van der Waals surface area contributed by atoms with E-state index in [4.69, 9.17) is 9.47 Å². The summed E-state index contributed by atoms with van der Waals surface area (Å²) in [6.45, 7) is 7.11. The van der Waals surface area contributed by atoms with Crippen molar-refractivity contribution < 1.29 is 19.1 Å². The molecule has 1 aliphatic heterocycles. The summed E-state index contributed by atoms with van der Waals surface area (Å²) in [6, 6.07) is 7.84. The second-order valence-electron chi connectivity index (χ2n) is 7.34. The van der Waals surface area contributed by atoms with E-state index in [0.717, 1.165) is 31.6 Å². The Kier molecular flexibility index (Phi) is 6.42. The minimum atomic E-state index is -0.525. The highest BCUT2D eigenvalue weighted by Crippen LogP contribution is 2.29. The predicted octanol–water partition coefficient (Wildman–Crippen LogP) is 3.39. The Morgan fingerprint density at radius 1 is 1.24 bits per heavy atom. The van der Waals surface area contributed by atoms with Crippen molar-refractivity contribution in [1.82, 2.24) is 4.90 Å². The first-order valence-electron chi connectivity index (χ1n) is 8.65. The molecule has 1 N–H and O–H groups in total. The van der Waals surface area contributed by atoms with Crippen LogP contribution in [0.3, 0.4) is 0 Å². The smallest absolute Gasteiger partial charge is 0.412 e. The third-order valence-electron chi connectivity index (χ3n) is 4.12. The summed E-state index contributed by atoms with van der Waals surface area (Å²) in [5, 5.41) is 2.78. The molecule has 1 fully saturated rings. The monoisotopic (exact) mass is 348 g/mol. The summed E-state index contributed by atoms with van der Waals surface area (Å²) in [5.74, 6) is 0.424. The molecule has 25 heavy (non-hydrogen) atoms. The number of hydrogen-bond acceptors (Lipinski definition) is 4. The molecule has 0 atom stereocenters. The lowest BCUT2D eigenvalue weighted by atomic mass is 9.89. The molecule has 1 saturated heterocycles. The van der Waals surface area contributed by atoms with Crippen LogP contribution >= 0.6 is 0 Å². The van der Waals surface area contributed by atoms with Crippen LogP contribution in [0.1, 0.15) is 45.1 Å². The highest BCUT2D eigenvalue weighted by atomic mass is 16.6. The molecule has 1 aromatic rings. The van der Waals surface area contributed by atoms with Crippen LogP contribution < -0.4 is 5.32 Å². The number of ether oxygens (including phenoxy) is 2. The number of nitrogens with zero attached hydrogens (tertiary/aromatic N) is 1. The first-order valence-corrected chi connectivity index (χ1v) is 8.65. The largest absolute Gasteiger partial charge is 0.444 e. The van der Waals surface area contributed by atoms with Crippen LogP contribution in [0.15, 0.2) is 24.3 Å². The van der Waals surface area contributed by atoms with E-state index >= 15 is 0 Å². The third kappa shape index (κ3) is 6.05. The normalized spacial score (nSPS) is 15.8. The van der Waals surface area contributed by atoms with Gasteiger partial charge < -0.3 is 14.4 Å². The van der Waals surface area contributed by atoms with Gasteiger partial charge in [0.15, 0.2) is 0 Å². The van der Waals surface area contributed by atoms with Gasteiger partial charge in [0.1, 0.15) is 12.2 Å². The van der Waals surface area contributed by atoms with Gasteiger partial charge in [-0.2, -0.15) is 0 Å². The number of nitrogens with one attached hydrogen (secondary N) is 1. The van der Waals surface area contributed by atoms with Gasteiger partial charge in [0.2, 0.25) is 5.91 Å². The fourth-order valence-electron chi connectivity index (χ4n) is 2.97. The number of amides is 2. The highest BCUT2D eigenvalue weighted by molar-refractivity contribution is 5.85. The molecule has 1 aromatic carbocycles. The number of carbonyl (C=O) groups is 2. The zero-order valence-corrected chi connectivity index (χ0v) is 15.5. The molecule has 0 saturated carbocycles. The van der Waals surface area contributed by atoms with E-state index in [1.807, 2.05) is 43.9 Å². The number of hydrogen-bond donors (Lipinski definition) is 1. The lowest BCUT2D eigenvalue weighted by Crippen LogP contribution is -2.39. The zero-order chi connectivity index (χ0) is 18.4. The average Bonchev–Trinajstić information content (AvgIpc) is 2.53. The van der Waals surface area contributed by atoms with Crippen molar-refractivity contribution in [3.63, 3.8) is 0 Å². The topological polar surface area (TPSA) is 67.9 Å². The van der Waals surface area contributed by atoms with E-state index in [-0.39, 0.29) is 12.5 Å². The second kappa shape index (κ2) is 8.34. The van der Waals surface area contributed by atoms with Gasteiger partial charge in [-0.05, 0) is 57.2 Å². The van der Waals surface area contributed by atoms with Crippen molar-refractivity contribution in [2.24, 2.45) is 0 Å². The summed E-state index contributed by atoms with van der Waals surface area (Å²) in [6.07, 6.45) is 1.36. The Labute approximate surface area is 149 Å². The molecule has 1 heterocycles. The summed E-state index contributed by atoms with van der Waals surface area (Å²) >= 11 is 0. The van der Waals surface area contributed by atoms with Crippen LogP contribution in [0.25, 0.3) is 0 Å².